The van der Waals surface area contributed by atoms with Gasteiger partial charge in [-0.05, 0) is 112 Å². The minimum absolute atomic E-state index is 0.00949. The Labute approximate surface area is 434 Å². The van der Waals surface area contributed by atoms with Crippen molar-refractivity contribution in [3.63, 3.8) is 0 Å². The van der Waals surface area contributed by atoms with Gasteiger partial charge >= 0.3 is 0 Å². The molecule has 0 unspecified atom stereocenters. The second-order valence-electron chi connectivity index (χ2n) is 17.8. The molecule has 1 radical (unpaired) electrons. The van der Waals surface area contributed by atoms with Crippen molar-refractivity contribution in [2.75, 3.05) is 35.0 Å². The molecule has 9 aromatic rings. The average Bonchev–Trinajstić information content (AvgIpc) is 4.14. The number of imidazole rings is 1. The van der Waals surface area contributed by atoms with Crippen molar-refractivity contribution in [3.8, 4) is 28.9 Å². The minimum atomic E-state index is -1.15. The molecule has 0 saturated carbocycles. The first-order valence-corrected chi connectivity index (χ1v) is 24.3. The second-order valence-corrected chi connectivity index (χ2v) is 17.8. The molecule has 0 amide bonds. The van der Waals surface area contributed by atoms with Crippen LogP contribution in [0.3, 0.4) is 0 Å². The third-order valence-electron chi connectivity index (χ3n) is 13.5. The lowest BCUT2D eigenvalue weighted by Gasteiger charge is -2.37. The van der Waals surface area contributed by atoms with Crippen LogP contribution in [0.5, 0.6) is 28.9 Å². The summed E-state index contributed by atoms with van der Waals surface area (Å²) in [6.45, 7) is 0.142. The van der Waals surface area contributed by atoms with E-state index in [0.717, 1.165) is 44.9 Å². The fourth-order valence-electron chi connectivity index (χ4n) is 9.73. The van der Waals surface area contributed by atoms with Crippen molar-refractivity contribution < 1.29 is 42.8 Å². The topological polar surface area (TPSA) is 161 Å². The highest BCUT2D eigenvalue weighted by Gasteiger charge is 2.41. The number of rotatable bonds is 21. The number of nitro groups is 1. The molecule has 15 heteroatoms. The third kappa shape index (κ3) is 10.2. The van der Waals surface area contributed by atoms with Gasteiger partial charge in [0.15, 0.2) is 11.2 Å². The minimum Gasteiger partial charge on any atom is -0.497 e. The number of nitrogens with zero attached hydrogens (tertiary/aromatic N) is 5. The average molecular weight is 1010 g/mol. The van der Waals surface area contributed by atoms with E-state index in [1.165, 1.54) is 18.5 Å². The van der Waals surface area contributed by atoms with Crippen LogP contribution < -0.4 is 23.7 Å². The van der Waals surface area contributed by atoms with Gasteiger partial charge in [-0.15, -0.1) is 0 Å². The fourth-order valence-corrected chi connectivity index (χ4v) is 9.73. The summed E-state index contributed by atoms with van der Waals surface area (Å²) in [6.07, 6.45) is 4.84. The number of benzene rings is 7. The largest absolute Gasteiger partial charge is 0.497 e. The molecule has 1 fully saturated rings. The van der Waals surface area contributed by atoms with E-state index in [0.29, 0.717) is 40.2 Å². The zero-order valence-electron chi connectivity index (χ0n) is 41.8. The van der Waals surface area contributed by atoms with Crippen LogP contribution in [-0.4, -0.2) is 65.6 Å². The molecular formula is C60H54N5O10. The predicted molar refractivity (Wildman–Crippen MR) is 281 cm³/mol. The number of nitro benzene ring substituents is 1. The summed E-state index contributed by atoms with van der Waals surface area (Å²) in [7, 11) is 6.52. The Morgan fingerprint density at radius 1 is 0.573 bits per heavy atom. The zero-order chi connectivity index (χ0) is 51.8. The van der Waals surface area contributed by atoms with Gasteiger partial charge in [-0.25, -0.2) is 9.97 Å². The SMILES string of the molecule is COc1ccc(C(OCc2cc(COc3ncnc4c3ncn4[C@H]3C[CH][C@H](COC(c4ccccc4)(c4ccc(OC)cc4)c4ccc(OC)cc4)O3)cc([N+](=O)[O-])c2)(c2ccccc2)c2ccc(OC)cc2)cc1. The molecule has 3 heterocycles. The Morgan fingerprint density at radius 3 is 1.49 bits per heavy atom. The Kier molecular flexibility index (Phi) is 14.8. The molecule has 10 rings (SSSR count). The number of hydrogen-bond acceptors (Lipinski definition) is 13. The molecule has 15 nitrogen and oxygen atoms in total. The number of ether oxygens (including phenoxy) is 8. The Bertz CT molecular complexity index is 3240. The maximum Gasteiger partial charge on any atom is 0.270 e. The van der Waals surface area contributed by atoms with Crippen molar-refractivity contribution in [1.29, 1.82) is 0 Å². The quantitative estimate of drug-likeness (QED) is 0.0380. The summed E-state index contributed by atoms with van der Waals surface area (Å²) in [5.74, 6) is 3.04. The molecule has 2 aromatic heterocycles. The first kappa shape index (κ1) is 49.9. The lowest BCUT2D eigenvalue weighted by Crippen LogP contribution is -2.35. The van der Waals surface area contributed by atoms with Crippen LogP contribution in [0.4, 0.5) is 5.69 Å². The van der Waals surface area contributed by atoms with Crippen molar-refractivity contribution >= 4 is 16.9 Å². The van der Waals surface area contributed by atoms with E-state index >= 15 is 0 Å². The molecule has 7 aromatic carbocycles. The summed E-state index contributed by atoms with van der Waals surface area (Å²) >= 11 is 0. The molecule has 379 valence electrons. The highest BCUT2D eigenvalue weighted by molar-refractivity contribution is 5.76. The van der Waals surface area contributed by atoms with Gasteiger partial charge in [-0.1, -0.05) is 109 Å². The number of methoxy groups -OCH3 is 4. The molecule has 0 N–H and O–H groups in total. The third-order valence-corrected chi connectivity index (χ3v) is 13.5. The van der Waals surface area contributed by atoms with E-state index in [1.807, 2.05) is 156 Å². The van der Waals surface area contributed by atoms with Gasteiger partial charge in [0, 0.05) is 12.1 Å². The van der Waals surface area contributed by atoms with Crippen LogP contribution >= 0.6 is 0 Å². The Hall–Kier alpha value is -8.63. The van der Waals surface area contributed by atoms with Crippen molar-refractivity contribution in [3.05, 3.63) is 250 Å². The van der Waals surface area contributed by atoms with Gasteiger partial charge < -0.3 is 37.9 Å². The fraction of sp³-hybridized carbons (Fsp3) is 0.200. The van der Waals surface area contributed by atoms with E-state index in [2.05, 4.69) is 33.5 Å². The normalized spacial score (nSPS) is 14.6. The first-order chi connectivity index (χ1) is 36.7. The first-order valence-electron chi connectivity index (χ1n) is 24.3. The van der Waals surface area contributed by atoms with Gasteiger partial charge in [0.2, 0.25) is 5.88 Å². The second kappa shape index (κ2) is 22.2. The van der Waals surface area contributed by atoms with Gasteiger partial charge in [0.25, 0.3) is 5.69 Å². The summed E-state index contributed by atoms with van der Waals surface area (Å²) in [6, 6.07) is 56.0. The number of fused-ring (bicyclic) bond motifs is 1. The molecule has 0 aliphatic carbocycles. The molecule has 1 saturated heterocycles. The van der Waals surface area contributed by atoms with Crippen molar-refractivity contribution in [1.82, 2.24) is 19.5 Å². The van der Waals surface area contributed by atoms with Gasteiger partial charge in [-0.3, -0.25) is 14.7 Å². The van der Waals surface area contributed by atoms with Gasteiger partial charge in [0.1, 0.15) is 53.4 Å². The van der Waals surface area contributed by atoms with Gasteiger partial charge in [-0.2, -0.15) is 4.98 Å². The van der Waals surface area contributed by atoms with Crippen LogP contribution in [0.25, 0.3) is 11.2 Å². The molecule has 1 aliphatic rings. The van der Waals surface area contributed by atoms with Crippen LogP contribution in [0.1, 0.15) is 57.2 Å². The van der Waals surface area contributed by atoms with E-state index in [1.54, 1.807) is 34.8 Å². The number of aromatic nitrogens is 4. The maximum atomic E-state index is 12.5. The number of non-ortho nitro benzene ring substituents is 1. The molecule has 1 aliphatic heterocycles. The standard InChI is InChI=1S/C60H54N5O10/c1-68-50-23-15-45(16-24-50)59(43-11-7-5-8-12-43,46-17-25-51(69-2)26-18-46)73-37-42-33-41(34-49(35-42)65(66)67)36-72-58-56-57(61-39-62-58)64(40-63-56)55-32-31-54(75-55)38-74-60(44-13-9-6-10-14-44,47-19-27-52(70-3)28-20-47)48-21-29-53(71-4)30-22-48/h5-31,33-35,39-40,54-55H,32,36-38H2,1-4H3/t54-,55-/m1/s1. The van der Waals surface area contributed by atoms with Crippen LogP contribution in [0, 0.1) is 16.5 Å². The molecule has 0 bridgehead atoms. The maximum absolute atomic E-state index is 12.5. The Balaban J connectivity index is 0.886. The lowest BCUT2D eigenvalue weighted by molar-refractivity contribution is -0.385. The summed E-state index contributed by atoms with van der Waals surface area (Å²) in [5, 5.41) is 12.5. The highest BCUT2D eigenvalue weighted by atomic mass is 16.6. The van der Waals surface area contributed by atoms with E-state index < -0.39 is 28.5 Å². The molecule has 75 heavy (non-hydrogen) atoms. The smallest absolute Gasteiger partial charge is 0.270 e. The van der Waals surface area contributed by atoms with Gasteiger partial charge in [0.05, 0.1) is 59.0 Å². The van der Waals surface area contributed by atoms with Crippen LogP contribution in [0.15, 0.2) is 189 Å². The van der Waals surface area contributed by atoms with E-state index in [4.69, 9.17) is 37.9 Å². The monoisotopic (exact) mass is 1000 g/mol. The highest BCUT2D eigenvalue weighted by Crippen LogP contribution is 2.45. The molecular weight excluding hydrogens is 951 g/mol. The van der Waals surface area contributed by atoms with Crippen LogP contribution in [-0.2, 0) is 38.6 Å². The van der Waals surface area contributed by atoms with Crippen molar-refractivity contribution in [2.24, 2.45) is 0 Å². The van der Waals surface area contributed by atoms with Crippen LogP contribution in [0.2, 0.25) is 0 Å². The van der Waals surface area contributed by atoms with Crippen molar-refractivity contribution in [2.45, 2.75) is 43.2 Å². The predicted octanol–water partition coefficient (Wildman–Crippen LogP) is 11.4. The van der Waals surface area contributed by atoms with E-state index in [9.17, 15) is 10.1 Å². The molecule has 2 atom stereocenters. The Morgan fingerprint density at radius 2 is 1.03 bits per heavy atom. The summed E-state index contributed by atoms with van der Waals surface area (Å²) in [5.41, 5.74) is 4.96. The zero-order valence-corrected chi connectivity index (χ0v) is 41.8. The lowest BCUT2D eigenvalue weighted by atomic mass is 9.80. The number of hydrogen-bond donors (Lipinski definition) is 0. The van der Waals surface area contributed by atoms with E-state index in [-0.39, 0.29) is 31.4 Å². The summed E-state index contributed by atoms with van der Waals surface area (Å²) < 4.78 is 51.1. The molecule has 0 spiro atoms. The summed E-state index contributed by atoms with van der Waals surface area (Å²) in [4.78, 5) is 25.8.